The predicted molar refractivity (Wildman–Crippen MR) is 84.9 cm³/mol. The van der Waals surface area contributed by atoms with Crippen molar-refractivity contribution in [2.45, 2.75) is 57.6 Å². The molecule has 0 saturated carbocycles. The predicted octanol–water partition coefficient (Wildman–Crippen LogP) is 3.62. The zero-order valence-electron chi connectivity index (χ0n) is 13.1. The second kappa shape index (κ2) is 7.28. The Labute approximate surface area is 128 Å². The van der Waals surface area contributed by atoms with Crippen molar-refractivity contribution < 1.29 is 9.47 Å². The Balaban J connectivity index is 1.69. The van der Waals surface area contributed by atoms with Crippen LogP contribution in [0.15, 0.2) is 18.2 Å². The molecule has 0 spiro atoms. The van der Waals surface area contributed by atoms with Gasteiger partial charge in [-0.1, -0.05) is 19.1 Å². The maximum atomic E-state index is 6.09. The molecule has 1 aliphatic carbocycles. The van der Waals surface area contributed by atoms with Gasteiger partial charge in [-0.15, -0.1) is 0 Å². The van der Waals surface area contributed by atoms with E-state index in [9.17, 15) is 0 Å². The standard InChI is InChI=1S/C18H27NO2/c1-2-11-19-17-9-3-8-16-15(17)7-4-10-18(16)21-13-14-6-5-12-20-14/h4,7,10,14,17,19H,2-3,5-6,8-9,11-13H2,1H3. The van der Waals surface area contributed by atoms with E-state index in [1.54, 1.807) is 0 Å². The molecule has 1 aromatic rings. The molecule has 3 heteroatoms. The van der Waals surface area contributed by atoms with Gasteiger partial charge < -0.3 is 14.8 Å². The highest BCUT2D eigenvalue weighted by atomic mass is 16.5. The van der Waals surface area contributed by atoms with Gasteiger partial charge in [0.15, 0.2) is 0 Å². The molecule has 116 valence electrons. The highest BCUT2D eigenvalue weighted by molar-refractivity contribution is 5.43. The lowest BCUT2D eigenvalue weighted by atomic mass is 9.87. The number of rotatable bonds is 6. The summed E-state index contributed by atoms with van der Waals surface area (Å²) in [5.41, 5.74) is 2.86. The van der Waals surface area contributed by atoms with Crippen LogP contribution in [0, 0.1) is 0 Å². The number of ether oxygens (including phenoxy) is 2. The molecule has 21 heavy (non-hydrogen) atoms. The lowest BCUT2D eigenvalue weighted by molar-refractivity contribution is 0.0675. The number of hydrogen-bond donors (Lipinski definition) is 1. The zero-order chi connectivity index (χ0) is 14.5. The molecule has 2 unspecified atom stereocenters. The molecule has 1 N–H and O–H groups in total. The van der Waals surface area contributed by atoms with E-state index in [0.29, 0.717) is 18.8 Å². The van der Waals surface area contributed by atoms with Gasteiger partial charge in [0.05, 0.1) is 6.10 Å². The average Bonchev–Trinajstić information content (AvgIpc) is 3.04. The summed E-state index contributed by atoms with van der Waals surface area (Å²) in [7, 11) is 0. The van der Waals surface area contributed by atoms with Crippen LogP contribution < -0.4 is 10.1 Å². The van der Waals surface area contributed by atoms with Gasteiger partial charge in [0.25, 0.3) is 0 Å². The van der Waals surface area contributed by atoms with Crippen molar-refractivity contribution in [3.63, 3.8) is 0 Å². The Morgan fingerprint density at radius 3 is 3.05 bits per heavy atom. The Hall–Kier alpha value is -1.06. The summed E-state index contributed by atoms with van der Waals surface area (Å²) in [6, 6.07) is 7.02. The molecule has 2 atom stereocenters. The fourth-order valence-corrected chi connectivity index (χ4v) is 3.44. The minimum atomic E-state index is 0.290. The van der Waals surface area contributed by atoms with E-state index in [0.717, 1.165) is 31.7 Å². The maximum Gasteiger partial charge on any atom is 0.122 e. The van der Waals surface area contributed by atoms with E-state index in [4.69, 9.17) is 9.47 Å². The molecule has 1 heterocycles. The SMILES string of the molecule is CCCNC1CCCc2c(OCC3CCCO3)cccc21. The molecule has 0 bridgehead atoms. The van der Waals surface area contributed by atoms with E-state index in [2.05, 4.69) is 30.4 Å². The van der Waals surface area contributed by atoms with Gasteiger partial charge in [0.2, 0.25) is 0 Å². The van der Waals surface area contributed by atoms with E-state index in [-0.39, 0.29) is 0 Å². The minimum Gasteiger partial charge on any atom is -0.491 e. The third-order valence-electron chi connectivity index (χ3n) is 4.55. The third kappa shape index (κ3) is 3.58. The summed E-state index contributed by atoms with van der Waals surface area (Å²) < 4.78 is 11.7. The first-order chi connectivity index (χ1) is 10.4. The zero-order valence-corrected chi connectivity index (χ0v) is 13.1. The van der Waals surface area contributed by atoms with Crippen molar-refractivity contribution in [2.75, 3.05) is 19.8 Å². The van der Waals surface area contributed by atoms with Gasteiger partial charge in [-0.2, -0.15) is 0 Å². The molecule has 1 fully saturated rings. The summed E-state index contributed by atoms with van der Waals surface area (Å²) in [5.74, 6) is 1.07. The number of hydrogen-bond acceptors (Lipinski definition) is 3. The molecule has 0 amide bonds. The van der Waals surface area contributed by atoms with E-state index >= 15 is 0 Å². The second-order valence-electron chi connectivity index (χ2n) is 6.17. The molecule has 3 rings (SSSR count). The van der Waals surface area contributed by atoms with E-state index in [1.165, 1.54) is 36.8 Å². The smallest absolute Gasteiger partial charge is 0.122 e. The van der Waals surface area contributed by atoms with Crippen molar-refractivity contribution in [1.82, 2.24) is 5.32 Å². The van der Waals surface area contributed by atoms with Crippen LogP contribution in [0.2, 0.25) is 0 Å². The average molecular weight is 289 g/mol. The number of benzene rings is 1. The first-order valence-electron chi connectivity index (χ1n) is 8.48. The van der Waals surface area contributed by atoms with Crippen molar-refractivity contribution in [3.8, 4) is 5.75 Å². The van der Waals surface area contributed by atoms with Gasteiger partial charge in [-0.05, 0) is 62.3 Å². The highest BCUT2D eigenvalue weighted by Gasteiger charge is 2.23. The van der Waals surface area contributed by atoms with Crippen LogP contribution in [-0.4, -0.2) is 25.9 Å². The summed E-state index contributed by atoms with van der Waals surface area (Å²) >= 11 is 0. The Kier molecular flexibility index (Phi) is 5.15. The fourth-order valence-electron chi connectivity index (χ4n) is 3.44. The normalized spacial score (nSPS) is 24.8. The van der Waals surface area contributed by atoms with Crippen LogP contribution in [0.1, 0.15) is 56.2 Å². The lowest BCUT2D eigenvalue weighted by Crippen LogP contribution is -2.26. The van der Waals surface area contributed by atoms with Crippen LogP contribution in [0.25, 0.3) is 0 Å². The van der Waals surface area contributed by atoms with Crippen LogP contribution in [0.5, 0.6) is 5.75 Å². The van der Waals surface area contributed by atoms with Crippen LogP contribution in [0.3, 0.4) is 0 Å². The summed E-state index contributed by atoms with van der Waals surface area (Å²) in [5, 5.41) is 3.67. The monoisotopic (exact) mass is 289 g/mol. The fraction of sp³-hybridized carbons (Fsp3) is 0.667. The third-order valence-corrected chi connectivity index (χ3v) is 4.55. The molecular formula is C18H27NO2. The summed E-state index contributed by atoms with van der Waals surface area (Å²) in [6.07, 6.45) is 7.40. The molecule has 0 aromatic heterocycles. The highest BCUT2D eigenvalue weighted by Crippen LogP contribution is 2.35. The van der Waals surface area contributed by atoms with Crippen LogP contribution in [0.4, 0.5) is 0 Å². The summed E-state index contributed by atoms with van der Waals surface area (Å²) in [6.45, 7) is 4.90. The van der Waals surface area contributed by atoms with Gasteiger partial charge in [0, 0.05) is 12.6 Å². The molecule has 2 aliphatic rings. The molecule has 1 saturated heterocycles. The van der Waals surface area contributed by atoms with Crippen molar-refractivity contribution in [2.24, 2.45) is 0 Å². The van der Waals surface area contributed by atoms with Crippen molar-refractivity contribution in [1.29, 1.82) is 0 Å². The topological polar surface area (TPSA) is 30.5 Å². The van der Waals surface area contributed by atoms with Gasteiger partial charge in [-0.25, -0.2) is 0 Å². The van der Waals surface area contributed by atoms with Crippen LogP contribution >= 0.6 is 0 Å². The quantitative estimate of drug-likeness (QED) is 0.867. The molecule has 1 aliphatic heterocycles. The lowest BCUT2D eigenvalue weighted by Gasteiger charge is -2.28. The molecule has 3 nitrogen and oxygen atoms in total. The first-order valence-corrected chi connectivity index (χ1v) is 8.48. The van der Waals surface area contributed by atoms with E-state index < -0.39 is 0 Å². The Bertz CT molecular complexity index is 455. The molecule has 1 aromatic carbocycles. The number of fused-ring (bicyclic) bond motifs is 1. The number of nitrogens with one attached hydrogen (secondary N) is 1. The van der Waals surface area contributed by atoms with Crippen molar-refractivity contribution >= 4 is 0 Å². The molecule has 0 radical (unpaired) electrons. The van der Waals surface area contributed by atoms with E-state index in [1.807, 2.05) is 0 Å². The Morgan fingerprint density at radius 1 is 1.29 bits per heavy atom. The van der Waals surface area contributed by atoms with Crippen molar-refractivity contribution in [3.05, 3.63) is 29.3 Å². The molecular weight excluding hydrogens is 262 g/mol. The largest absolute Gasteiger partial charge is 0.491 e. The second-order valence-corrected chi connectivity index (χ2v) is 6.17. The van der Waals surface area contributed by atoms with Gasteiger partial charge in [-0.3, -0.25) is 0 Å². The van der Waals surface area contributed by atoms with Gasteiger partial charge in [0.1, 0.15) is 12.4 Å². The van der Waals surface area contributed by atoms with Gasteiger partial charge >= 0.3 is 0 Å². The minimum absolute atomic E-state index is 0.290. The first kappa shape index (κ1) is 14.9. The maximum absolute atomic E-state index is 6.09. The van der Waals surface area contributed by atoms with Crippen LogP contribution in [-0.2, 0) is 11.2 Å². The Morgan fingerprint density at radius 2 is 2.24 bits per heavy atom. The summed E-state index contributed by atoms with van der Waals surface area (Å²) in [4.78, 5) is 0.